The second-order valence-electron chi connectivity index (χ2n) is 3.09. The fourth-order valence-electron chi connectivity index (χ4n) is 1.23. The van der Waals surface area contributed by atoms with Crippen LogP contribution in [0, 0.1) is 0 Å². The molecule has 0 saturated heterocycles. The molecular formula is C10H17N3O. The smallest absolute Gasteiger partial charge is 0.159 e. The van der Waals surface area contributed by atoms with E-state index in [-0.39, 0.29) is 6.10 Å². The molecule has 4 heteroatoms. The molecule has 1 atom stereocenters. The van der Waals surface area contributed by atoms with Gasteiger partial charge < -0.3 is 10.5 Å². The first-order chi connectivity index (χ1) is 6.67. The van der Waals surface area contributed by atoms with Gasteiger partial charge in [-0.25, -0.2) is 9.97 Å². The zero-order chi connectivity index (χ0) is 10.6. The molecule has 4 nitrogen and oxygen atoms in total. The minimum absolute atomic E-state index is 0.0891. The van der Waals surface area contributed by atoms with Crippen LogP contribution in [0.4, 0.5) is 5.82 Å². The molecule has 0 aromatic carbocycles. The van der Waals surface area contributed by atoms with E-state index in [9.17, 15) is 0 Å². The lowest BCUT2D eigenvalue weighted by atomic mass is 10.3. The van der Waals surface area contributed by atoms with Crippen LogP contribution in [-0.2, 0) is 11.2 Å². The van der Waals surface area contributed by atoms with Crippen molar-refractivity contribution in [3.05, 3.63) is 17.6 Å². The summed E-state index contributed by atoms with van der Waals surface area (Å²) < 4.78 is 5.40. The fraction of sp³-hybridized carbons (Fsp3) is 0.600. The first-order valence-electron chi connectivity index (χ1n) is 4.92. The Hall–Kier alpha value is -1.16. The number of rotatable bonds is 4. The van der Waals surface area contributed by atoms with Gasteiger partial charge in [-0.2, -0.15) is 0 Å². The average Bonchev–Trinajstić information content (AvgIpc) is 2.17. The highest BCUT2D eigenvalue weighted by molar-refractivity contribution is 5.30. The van der Waals surface area contributed by atoms with Crippen LogP contribution in [0.3, 0.4) is 0 Å². The van der Waals surface area contributed by atoms with E-state index < -0.39 is 0 Å². The maximum Gasteiger partial charge on any atom is 0.159 e. The molecule has 2 N–H and O–H groups in total. The van der Waals surface area contributed by atoms with Gasteiger partial charge in [-0.3, -0.25) is 0 Å². The van der Waals surface area contributed by atoms with Gasteiger partial charge in [0.15, 0.2) is 5.82 Å². The molecule has 1 aromatic rings. The Labute approximate surface area is 84.5 Å². The highest BCUT2D eigenvalue weighted by Crippen LogP contribution is 2.14. The number of nitrogens with two attached hydrogens (primary N) is 1. The van der Waals surface area contributed by atoms with E-state index in [1.165, 1.54) is 0 Å². The van der Waals surface area contributed by atoms with Crippen molar-refractivity contribution in [2.75, 3.05) is 12.3 Å². The first-order valence-corrected chi connectivity index (χ1v) is 4.92. The summed E-state index contributed by atoms with van der Waals surface area (Å²) in [6.45, 7) is 6.57. The van der Waals surface area contributed by atoms with Gasteiger partial charge in [-0.15, -0.1) is 0 Å². The van der Waals surface area contributed by atoms with Crippen LogP contribution in [0.5, 0.6) is 0 Å². The maximum atomic E-state index is 5.66. The minimum atomic E-state index is -0.0891. The summed E-state index contributed by atoms with van der Waals surface area (Å²) in [5.41, 5.74) is 6.62. The molecule has 0 saturated carbocycles. The molecule has 1 rings (SSSR count). The summed E-state index contributed by atoms with van der Waals surface area (Å²) in [5.74, 6) is 1.18. The number of hydrogen-bond acceptors (Lipinski definition) is 4. The van der Waals surface area contributed by atoms with Crippen LogP contribution in [0.1, 0.15) is 38.4 Å². The Morgan fingerprint density at radius 1 is 1.43 bits per heavy atom. The van der Waals surface area contributed by atoms with E-state index in [0.29, 0.717) is 18.2 Å². The second kappa shape index (κ2) is 4.91. The Kier molecular flexibility index (Phi) is 3.83. The molecule has 0 aliphatic carbocycles. The molecular weight excluding hydrogens is 178 g/mol. The largest absolute Gasteiger partial charge is 0.384 e. The predicted octanol–water partition coefficient (Wildman–Crippen LogP) is 1.72. The molecule has 0 fully saturated rings. The number of nitrogens with zero attached hydrogens (tertiary/aromatic N) is 2. The third kappa shape index (κ3) is 2.67. The van der Waals surface area contributed by atoms with Crippen LogP contribution in [-0.4, -0.2) is 16.6 Å². The zero-order valence-electron chi connectivity index (χ0n) is 8.95. The lowest BCUT2D eigenvalue weighted by molar-refractivity contribution is 0.0700. The van der Waals surface area contributed by atoms with Crippen molar-refractivity contribution in [3.8, 4) is 0 Å². The Bertz CT molecular complexity index is 301. The molecule has 0 aliphatic heterocycles. The fourth-order valence-corrected chi connectivity index (χ4v) is 1.23. The van der Waals surface area contributed by atoms with Gasteiger partial charge in [-0.1, -0.05) is 6.92 Å². The van der Waals surface area contributed by atoms with Crippen molar-refractivity contribution < 1.29 is 4.74 Å². The molecule has 78 valence electrons. The van der Waals surface area contributed by atoms with Crippen molar-refractivity contribution in [2.45, 2.75) is 33.3 Å². The summed E-state index contributed by atoms with van der Waals surface area (Å²) in [6.07, 6.45) is 0.771. The number of aryl methyl sites for hydroxylation is 1. The van der Waals surface area contributed by atoms with Crippen LogP contribution in [0.15, 0.2) is 6.07 Å². The third-order valence-electron chi connectivity index (χ3n) is 1.96. The SMILES string of the molecule is CCOC(C)c1nc(N)cc(CC)n1. The third-order valence-corrected chi connectivity index (χ3v) is 1.96. The standard InChI is InChI=1S/C10H17N3O/c1-4-8-6-9(11)13-10(12-8)7(3)14-5-2/h6-7H,4-5H2,1-3H3,(H2,11,12,13). The number of aromatic nitrogens is 2. The molecule has 0 amide bonds. The van der Waals surface area contributed by atoms with Crippen molar-refractivity contribution in [3.63, 3.8) is 0 Å². The number of nitrogen functional groups attached to an aromatic ring is 1. The molecule has 14 heavy (non-hydrogen) atoms. The van der Waals surface area contributed by atoms with E-state index in [2.05, 4.69) is 9.97 Å². The Morgan fingerprint density at radius 3 is 2.71 bits per heavy atom. The molecule has 1 unspecified atom stereocenters. The summed E-state index contributed by atoms with van der Waals surface area (Å²) in [5, 5.41) is 0. The maximum absolute atomic E-state index is 5.66. The van der Waals surface area contributed by atoms with Crippen LogP contribution in [0.2, 0.25) is 0 Å². The Balaban J connectivity index is 2.90. The van der Waals surface area contributed by atoms with Gasteiger partial charge in [0, 0.05) is 18.4 Å². The summed E-state index contributed by atoms with van der Waals surface area (Å²) in [6, 6.07) is 1.79. The monoisotopic (exact) mass is 195 g/mol. The van der Waals surface area contributed by atoms with E-state index in [0.717, 1.165) is 12.1 Å². The highest BCUT2D eigenvalue weighted by Gasteiger charge is 2.09. The Morgan fingerprint density at radius 2 is 2.14 bits per heavy atom. The van der Waals surface area contributed by atoms with Crippen LogP contribution < -0.4 is 5.73 Å². The van der Waals surface area contributed by atoms with Gasteiger partial charge in [0.05, 0.1) is 0 Å². The topological polar surface area (TPSA) is 61.0 Å². The first kappa shape index (κ1) is 10.9. The second-order valence-corrected chi connectivity index (χ2v) is 3.09. The molecule has 0 radical (unpaired) electrons. The summed E-state index contributed by atoms with van der Waals surface area (Å²) in [7, 11) is 0. The molecule has 1 heterocycles. The van der Waals surface area contributed by atoms with E-state index >= 15 is 0 Å². The number of anilines is 1. The van der Waals surface area contributed by atoms with Crippen LogP contribution >= 0.6 is 0 Å². The van der Waals surface area contributed by atoms with E-state index in [1.807, 2.05) is 20.8 Å². The van der Waals surface area contributed by atoms with Crippen molar-refractivity contribution in [1.82, 2.24) is 9.97 Å². The van der Waals surface area contributed by atoms with Gasteiger partial charge >= 0.3 is 0 Å². The minimum Gasteiger partial charge on any atom is -0.384 e. The van der Waals surface area contributed by atoms with E-state index in [4.69, 9.17) is 10.5 Å². The predicted molar refractivity (Wildman–Crippen MR) is 55.9 cm³/mol. The molecule has 0 bridgehead atoms. The average molecular weight is 195 g/mol. The van der Waals surface area contributed by atoms with Crippen molar-refractivity contribution in [2.24, 2.45) is 0 Å². The van der Waals surface area contributed by atoms with E-state index in [1.54, 1.807) is 6.07 Å². The van der Waals surface area contributed by atoms with Gasteiger partial charge in [-0.05, 0) is 20.3 Å². The van der Waals surface area contributed by atoms with Gasteiger partial charge in [0.25, 0.3) is 0 Å². The number of hydrogen-bond donors (Lipinski definition) is 1. The van der Waals surface area contributed by atoms with Crippen molar-refractivity contribution >= 4 is 5.82 Å². The molecule has 1 aromatic heterocycles. The molecule has 0 aliphatic rings. The lowest BCUT2D eigenvalue weighted by Crippen LogP contribution is -2.08. The number of ether oxygens (including phenoxy) is 1. The summed E-state index contributed by atoms with van der Waals surface area (Å²) in [4.78, 5) is 8.50. The normalized spacial score (nSPS) is 12.8. The highest BCUT2D eigenvalue weighted by atomic mass is 16.5. The van der Waals surface area contributed by atoms with Gasteiger partial charge in [0.2, 0.25) is 0 Å². The lowest BCUT2D eigenvalue weighted by Gasteiger charge is -2.11. The van der Waals surface area contributed by atoms with Crippen LogP contribution in [0.25, 0.3) is 0 Å². The zero-order valence-corrected chi connectivity index (χ0v) is 8.95. The quantitative estimate of drug-likeness (QED) is 0.794. The van der Waals surface area contributed by atoms with Crippen molar-refractivity contribution in [1.29, 1.82) is 0 Å². The van der Waals surface area contributed by atoms with Gasteiger partial charge in [0.1, 0.15) is 11.9 Å². The molecule has 0 spiro atoms. The summed E-state index contributed by atoms with van der Waals surface area (Å²) >= 11 is 0.